The minimum atomic E-state index is -0.677. The minimum Gasteiger partial charge on any atom is -0.489 e. The number of ether oxygens (including phenoxy) is 1. The van der Waals surface area contributed by atoms with E-state index >= 15 is 8.78 Å². The molecule has 2 saturated heterocycles. The molecule has 0 saturated carbocycles. The van der Waals surface area contributed by atoms with E-state index in [1.165, 1.54) is 12.1 Å². The molecule has 2 unspecified atom stereocenters. The van der Waals surface area contributed by atoms with E-state index in [4.69, 9.17) is 4.74 Å². The second-order valence-corrected chi connectivity index (χ2v) is 10.7. The minimum absolute atomic E-state index is 0.0613. The molecule has 4 heterocycles. The number of rotatable bonds is 3. The predicted octanol–water partition coefficient (Wildman–Crippen LogP) is 4.98. The molecule has 3 aliphatic heterocycles. The third kappa shape index (κ3) is 4.03. The van der Waals surface area contributed by atoms with E-state index in [2.05, 4.69) is 44.5 Å². The molecular weight excluding hydrogens is 498 g/mol. The summed E-state index contributed by atoms with van der Waals surface area (Å²) in [6.07, 6.45) is 1.81. The van der Waals surface area contributed by atoms with Gasteiger partial charge in [-0.2, -0.15) is 10.4 Å². The van der Waals surface area contributed by atoms with Crippen LogP contribution < -0.4 is 15.0 Å². The van der Waals surface area contributed by atoms with Gasteiger partial charge in [-0.1, -0.05) is 6.07 Å². The Kier molecular flexibility index (Phi) is 5.76. The molecule has 4 aromatic rings. The number of aromatic amines is 1. The summed E-state index contributed by atoms with van der Waals surface area (Å²) in [6.45, 7) is 4.34. The molecule has 0 radical (unpaired) electrons. The van der Waals surface area contributed by atoms with E-state index in [1.807, 2.05) is 12.1 Å². The molecule has 2 atom stereocenters. The van der Waals surface area contributed by atoms with Gasteiger partial charge in [0, 0.05) is 42.2 Å². The summed E-state index contributed by atoms with van der Waals surface area (Å²) in [4.78, 5) is 4.72. The number of halogens is 2. The summed E-state index contributed by atoms with van der Waals surface area (Å²) in [5, 5.41) is 21.3. The van der Waals surface area contributed by atoms with Crippen LogP contribution in [0.4, 0.5) is 14.5 Å². The van der Waals surface area contributed by atoms with Crippen molar-refractivity contribution in [2.24, 2.45) is 0 Å². The topological polar surface area (TPSA) is 80.2 Å². The zero-order valence-electron chi connectivity index (χ0n) is 21.6. The maximum Gasteiger partial charge on any atom is 0.143 e. The Balaban J connectivity index is 1.30. The highest BCUT2D eigenvalue weighted by molar-refractivity contribution is 5.98. The van der Waals surface area contributed by atoms with Crippen LogP contribution in [-0.4, -0.2) is 61.0 Å². The lowest BCUT2D eigenvalue weighted by atomic mass is 9.93. The SMILES string of the molecule is CN1CCN2c3ccc(-c4n[nH]c5cc(C#N)c(-c6c(F)cc(C7CCCN7)cc6F)cc45)cc3OCC2C1. The van der Waals surface area contributed by atoms with Gasteiger partial charge >= 0.3 is 0 Å². The fourth-order valence-electron chi connectivity index (χ4n) is 6.27. The van der Waals surface area contributed by atoms with Crippen molar-refractivity contribution >= 4 is 16.6 Å². The number of aromatic nitrogens is 2. The summed E-state index contributed by atoms with van der Waals surface area (Å²) < 4.78 is 37.0. The summed E-state index contributed by atoms with van der Waals surface area (Å²) in [6, 6.07) is 14.4. The number of hydrogen-bond donors (Lipinski definition) is 2. The fourth-order valence-corrected chi connectivity index (χ4v) is 6.27. The number of hydrogen-bond acceptors (Lipinski definition) is 6. The number of piperazine rings is 1. The van der Waals surface area contributed by atoms with Gasteiger partial charge in [-0.25, -0.2) is 8.78 Å². The van der Waals surface area contributed by atoms with Crippen molar-refractivity contribution in [2.75, 3.05) is 44.7 Å². The molecule has 7 rings (SSSR count). The monoisotopic (exact) mass is 526 g/mol. The summed E-state index contributed by atoms with van der Waals surface area (Å²) in [5.74, 6) is -0.557. The number of H-pyrrole nitrogens is 1. The highest BCUT2D eigenvalue weighted by atomic mass is 19.1. The van der Waals surface area contributed by atoms with E-state index in [0.717, 1.165) is 56.0 Å². The van der Waals surface area contributed by atoms with Crippen LogP contribution in [0.15, 0.2) is 42.5 Å². The van der Waals surface area contributed by atoms with Gasteiger partial charge in [0.05, 0.1) is 34.4 Å². The van der Waals surface area contributed by atoms with Crippen LogP contribution in [0.3, 0.4) is 0 Å². The molecule has 0 spiro atoms. The number of nitrogens with one attached hydrogen (secondary N) is 2. The van der Waals surface area contributed by atoms with Crippen molar-refractivity contribution in [3.05, 3.63) is 65.2 Å². The average molecular weight is 527 g/mol. The van der Waals surface area contributed by atoms with Crippen molar-refractivity contribution in [1.29, 1.82) is 5.26 Å². The molecular formula is C30H28F2N6O. The second kappa shape index (κ2) is 9.33. The molecule has 1 aromatic heterocycles. The molecule has 3 aliphatic rings. The first-order valence-corrected chi connectivity index (χ1v) is 13.4. The standard InChI is InChI=1S/C30H28F2N6O/c1-37-7-8-38-20(15-37)16-39-28-12-17(4-5-27(28)38)30-22-13-21(19(14-33)11-26(22)35-36-30)29-23(31)9-18(10-24(29)32)25-3-2-6-34-25/h4-5,9-13,20,25,34H,2-3,6-8,15-16H2,1H3,(H,35,36). The third-order valence-corrected chi connectivity index (χ3v) is 8.28. The lowest BCUT2D eigenvalue weighted by Crippen LogP contribution is -2.56. The number of fused-ring (bicyclic) bond motifs is 4. The van der Waals surface area contributed by atoms with Crippen LogP contribution in [0.2, 0.25) is 0 Å². The fraction of sp³-hybridized carbons (Fsp3) is 0.333. The van der Waals surface area contributed by atoms with Crippen molar-refractivity contribution in [2.45, 2.75) is 24.9 Å². The van der Waals surface area contributed by atoms with Crippen LogP contribution in [-0.2, 0) is 0 Å². The van der Waals surface area contributed by atoms with Crippen LogP contribution in [0.5, 0.6) is 5.75 Å². The molecule has 198 valence electrons. The first kappa shape index (κ1) is 24.1. The lowest BCUT2D eigenvalue weighted by Gasteiger charge is -2.44. The van der Waals surface area contributed by atoms with Crippen molar-refractivity contribution < 1.29 is 13.5 Å². The van der Waals surface area contributed by atoms with E-state index in [1.54, 1.807) is 12.1 Å². The summed E-state index contributed by atoms with van der Waals surface area (Å²) >= 11 is 0. The van der Waals surface area contributed by atoms with Gasteiger partial charge in [0.1, 0.15) is 29.7 Å². The zero-order chi connectivity index (χ0) is 26.7. The van der Waals surface area contributed by atoms with Gasteiger partial charge in [-0.15, -0.1) is 0 Å². The molecule has 2 N–H and O–H groups in total. The number of nitriles is 1. The largest absolute Gasteiger partial charge is 0.489 e. The van der Waals surface area contributed by atoms with Gasteiger partial charge in [0.2, 0.25) is 0 Å². The smallest absolute Gasteiger partial charge is 0.143 e. The molecule has 0 bridgehead atoms. The molecule has 3 aromatic carbocycles. The van der Waals surface area contributed by atoms with Crippen LogP contribution >= 0.6 is 0 Å². The number of anilines is 1. The zero-order valence-corrected chi connectivity index (χ0v) is 21.6. The summed E-state index contributed by atoms with van der Waals surface area (Å²) in [7, 11) is 2.13. The van der Waals surface area contributed by atoms with Gasteiger partial charge in [-0.05, 0) is 68.4 Å². The normalized spacial score (nSPS) is 20.9. The third-order valence-electron chi connectivity index (χ3n) is 8.28. The van der Waals surface area contributed by atoms with E-state index in [-0.39, 0.29) is 22.7 Å². The van der Waals surface area contributed by atoms with Crippen molar-refractivity contribution in [1.82, 2.24) is 20.4 Å². The van der Waals surface area contributed by atoms with Crippen LogP contribution in [0.25, 0.3) is 33.3 Å². The Bertz CT molecular complexity index is 1610. The Labute approximate surface area is 225 Å². The van der Waals surface area contributed by atoms with Gasteiger partial charge in [0.25, 0.3) is 0 Å². The second-order valence-electron chi connectivity index (χ2n) is 10.7. The quantitative estimate of drug-likeness (QED) is 0.392. The van der Waals surface area contributed by atoms with Crippen LogP contribution in [0, 0.1) is 23.0 Å². The molecule has 39 heavy (non-hydrogen) atoms. The van der Waals surface area contributed by atoms with Gasteiger partial charge < -0.3 is 19.9 Å². The molecule has 0 amide bonds. The molecule has 7 nitrogen and oxygen atoms in total. The molecule has 2 fully saturated rings. The highest BCUT2D eigenvalue weighted by Crippen LogP contribution is 2.41. The van der Waals surface area contributed by atoms with Gasteiger partial charge in [0.15, 0.2) is 0 Å². The maximum atomic E-state index is 15.4. The first-order valence-electron chi connectivity index (χ1n) is 13.4. The van der Waals surface area contributed by atoms with Crippen molar-refractivity contribution in [3.63, 3.8) is 0 Å². The summed E-state index contributed by atoms with van der Waals surface area (Å²) in [5.41, 5.74) is 3.93. The van der Waals surface area contributed by atoms with E-state index in [9.17, 15) is 5.26 Å². The molecule has 0 aliphatic carbocycles. The lowest BCUT2D eigenvalue weighted by molar-refractivity contribution is 0.188. The van der Waals surface area contributed by atoms with Crippen molar-refractivity contribution in [3.8, 4) is 34.2 Å². The Morgan fingerprint density at radius 1 is 1.10 bits per heavy atom. The number of benzene rings is 3. The first-order chi connectivity index (χ1) is 19.0. The molecule has 9 heteroatoms. The Morgan fingerprint density at radius 3 is 2.72 bits per heavy atom. The average Bonchev–Trinajstić information content (AvgIpc) is 3.62. The van der Waals surface area contributed by atoms with Gasteiger partial charge in [-0.3, -0.25) is 5.10 Å². The van der Waals surface area contributed by atoms with E-state index in [0.29, 0.717) is 34.8 Å². The van der Waals surface area contributed by atoms with E-state index < -0.39 is 11.6 Å². The highest BCUT2D eigenvalue weighted by Gasteiger charge is 2.32. The Hall–Kier alpha value is -4.00. The maximum absolute atomic E-state index is 15.4. The van der Waals surface area contributed by atoms with Crippen LogP contribution in [0.1, 0.15) is 30.0 Å². The number of nitrogens with zero attached hydrogens (tertiary/aromatic N) is 4. The predicted molar refractivity (Wildman–Crippen MR) is 146 cm³/mol. The Morgan fingerprint density at radius 2 is 1.95 bits per heavy atom. The number of likely N-dealkylation sites (N-methyl/N-ethyl adjacent to an activating group) is 1.